The molecule has 0 aliphatic rings. The molecule has 0 heterocycles. The Morgan fingerprint density at radius 3 is 2.21 bits per heavy atom. The molecule has 0 aromatic heterocycles. The first kappa shape index (κ1) is 26.1. The molecule has 13 nitrogen and oxygen atoms in total. The highest BCUT2D eigenvalue weighted by Crippen LogP contribution is 2.40. The highest BCUT2D eigenvalue weighted by molar-refractivity contribution is 7.92. The third-order valence-corrected chi connectivity index (χ3v) is 6.87. The molecule has 0 radical (unpaired) electrons. The number of carbonyl (C=O) groups excluding carboxylic acids is 1. The number of non-ortho nitro benzene ring substituents is 1. The maximum atomic E-state index is 12.9. The van der Waals surface area contributed by atoms with Gasteiger partial charge in [0, 0.05) is 21.9 Å². The molecule has 38 heavy (non-hydrogen) atoms. The normalized spacial score (nSPS) is 11.5. The van der Waals surface area contributed by atoms with Crippen LogP contribution in [0.25, 0.3) is 10.8 Å². The molecule has 0 atom stereocenters. The van der Waals surface area contributed by atoms with Gasteiger partial charge in [-0.2, -0.15) is 0 Å². The number of benzene rings is 4. The Labute approximate surface area is 218 Å². The van der Waals surface area contributed by atoms with Crippen LogP contribution in [0.5, 0.6) is 5.75 Å². The first-order valence-corrected chi connectivity index (χ1v) is 12.3. The Hall–Kier alpha value is -4.95. The van der Waals surface area contributed by atoms with E-state index in [9.17, 15) is 38.5 Å². The number of nitrogens with zero attached hydrogens (tertiary/aromatic N) is 4. The molecular weight excluding hydrogens is 542 g/mol. The summed E-state index contributed by atoms with van der Waals surface area (Å²) in [5, 5.41) is 40.9. The molecule has 2 N–H and O–H groups in total. The number of anilines is 1. The molecule has 0 aliphatic carbocycles. The Bertz CT molecular complexity index is 1760. The zero-order chi connectivity index (χ0) is 27.6. The van der Waals surface area contributed by atoms with Crippen molar-refractivity contribution in [3.63, 3.8) is 0 Å². The van der Waals surface area contributed by atoms with Gasteiger partial charge in [0.15, 0.2) is 5.75 Å². The largest absolute Gasteiger partial charge is 0.505 e. The van der Waals surface area contributed by atoms with E-state index in [1.807, 2.05) is 0 Å². The Balaban J connectivity index is 1.76. The summed E-state index contributed by atoms with van der Waals surface area (Å²) in [4.78, 5) is 32.9. The van der Waals surface area contributed by atoms with Crippen LogP contribution in [-0.2, 0) is 10.0 Å². The Kier molecular flexibility index (Phi) is 7.01. The number of nitro benzene ring substituents is 2. The number of nitro groups is 2. The van der Waals surface area contributed by atoms with Gasteiger partial charge in [-0.1, -0.05) is 35.9 Å². The number of hydrogen-bond acceptors (Lipinski definition) is 9. The molecule has 4 aromatic rings. The molecular formula is C23H14ClN5O8S. The van der Waals surface area contributed by atoms with Gasteiger partial charge in [0.1, 0.15) is 11.3 Å². The molecule has 0 saturated carbocycles. The number of carbonyl (C=O) groups is 1. The van der Waals surface area contributed by atoms with E-state index in [2.05, 4.69) is 15.0 Å². The maximum absolute atomic E-state index is 12.9. The lowest BCUT2D eigenvalue weighted by Gasteiger charge is -2.13. The SMILES string of the molecule is O=C(N=Nc1cc(NS(=O)(=O)c2ccc(Cl)cc2)c2ccccc2c1O)c1ccc([N+](=O)[O-])cc1[N+](=O)[O-]. The number of aromatic hydroxyl groups is 1. The van der Waals surface area contributed by atoms with Gasteiger partial charge in [-0.3, -0.25) is 29.7 Å². The van der Waals surface area contributed by atoms with Gasteiger partial charge in [-0.05, 0) is 36.4 Å². The molecule has 0 saturated heterocycles. The zero-order valence-corrected chi connectivity index (χ0v) is 20.4. The highest BCUT2D eigenvalue weighted by Gasteiger charge is 2.24. The first-order valence-electron chi connectivity index (χ1n) is 10.4. The monoisotopic (exact) mass is 555 g/mol. The number of amides is 1. The van der Waals surface area contributed by atoms with Crippen LogP contribution in [0.1, 0.15) is 10.4 Å². The lowest BCUT2D eigenvalue weighted by molar-refractivity contribution is -0.394. The van der Waals surface area contributed by atoms with Crippen LogP contribution in [0.15, 0.2) is 87.9 Å². The summed E-state index contributed by atoms with van der Waals surface area (Å²) in [6.45, 7) is 0. The summed E-state index contributed by atoms with van der Waals surface area (Å²) in [5.41, 5.74) is -2.36. The van der Waals surface area contributed by atoms with E-state index in [1.54, 1.807) is 18.2 Å². The number of phenols is 1. The molecule has 192 valence electrons. The molecule has 0 aliphatic heterocycles. The summed E-state index contributed by atoms with van der Waals surface area (Å²) in [5.74, 6) is -1.66. The van der Waals surface area contributed by atoms with Crippen molar-refractivity contribution in [2.45, 2.75) is 4.90 Å². The topological polar surface area (TPSA) is 194 Å². The van der Waals surface area contributed by atoms with Crippen molar-refractivity contribution in [2.75, 3.05) is 4.72 Å². The second kappa shape index (κ2) is 10.2. The molecule has 4 rings (SSSR count). The minimum atomic E-state index is -4.11. The fourth-order valence-corrected chi connectivity index (χ4v) is 4.64. The van der Waals surface area contributed by atoms with Crippen molar-refractivity contribution < 1.29 is 28.2 Å². The number of rotatable bonds is 7. The minimum absolute atomic E-state index is 0.00364. The molecule has 15 heteroatoms. The van der Waals surface area contributed by atoms with Crippen molar-refractivity contribution in [3.05, 3.63) is 104 Å². The van der Waals surface area contributed by atoms with E-state index in [4.69, 9.17) is 11.6 Å². The summed E-state index contributed by atoms with van der Waals surface area (Å²) in [6.07, 6.45) is 0. The lowest BCUT2D eigenvalue weighted by atomic mass is 10.1. The second-order valence-electron chi connectivity index (χ2n) is 7.62. The van der Waals surface area contributed by atoms with E-state index in [0.717, 1.165) is 18.2 Å². The number of hydrogen-bond donors (Lipinski definition) is 2. The number of phenolic OH excluding ortho intramolecular Hbond substituents is 1. The van der Waals surface area contributed by atoms with E-state index in [1.165, 1.54) is 30.3 Å². The van der Waals surface area contributed by atoms with Crippen molar-refractivity contribution in [1.29, 1.82) is 0 Å². The van der Waals surface area contributed by atoms with Gasteiger partial charge in [0.25, 0.3) is 21.4 Å². The first-order chi connectivity index (χ1) is 18.0. The zero-order valence-electron chi connectivity index (χ0n) is 18.8. The molecule has 0 unspecified atom stereocenters. The third kappa shape index (κ3) is 5.25. The average Bonchev–Trinajstić information content (AvgIpc) is 2.89. The van der Waals surface area contributed by atoms with Crippen molar-refractivity contribution in [1.82, 2.24) is 0 Å². The lowest BCUT2D eigenvalue weighted by Crippen LogP contribution is -2.13. The van der Waals surface area contributed by atoms with Crippen LogP contribution >= 0.6 is 11.6 Å². The van der Waals surface area contributed by atoms with E-state index in [0.29, 0.717) is 16.5 Å². The molecule has 0 bridgehead atoms. The quantitative estimate of drug-likeness (QED) is 0.124. The fourth-order valence-electron chi connectivity index (χ4n) is 3.44. The van der Waals surface area contributed by atoms with Crippen LogP contribution in [0.4, 0.5) is 22.7 Å². The number of sulfonamides is 1. The standard InChI is InChI=1S/C23H14ClN5O8S/c24-13-5-8-15(9-6-13)38(36,37)27-19-12-20(22(30)17-4-2-1-3-16(17)19)25-26-23(31)18-10-7-14(28(32)33)11-21(18)29(34)35/h1-12,27,30H. The minimum Gasteiger partial charge on any atom is -0.505 e. The number of nitrogens with one attached hydrogen (secondary N) is 1. The average molecular weight is 556 g/mol. The fraction of sp³-hybridized carbons (Fsp3) is 0. The summed E-state index contributed by atoms with van der Waals surface area (Å²) in [6, 6.07) is 15.1. The van der Waals surface area contributed by atoms with Gasteiger partial charge in [-0.15, -0.1) is 10.2 Å². The van der Waals surface area contributed by atoms with Crippen molar-refractivity contribution in [2.24, 2.45) is 10.2 Å². The maximum Gasteiger partial charge on any atom is 0.302 e. The summed E-state index contributed by atoms with van der Waals surface area (Å²) < 4.78 is 28.3. The van der Waals surface area contributed by atoms with Crippen molar-refractivity contribution in [3.8, 4) is 5.75 Å². The van der Waals surface area contributed by atoms with E-state index < -0.39 is 48.5 Å². The number of azo groups is 1. The van der Waals surface area contributed by atoms with Crippen LogP contribution in [0.3, 0.4) is 0 Å². The molecule has 4 aromatic carbocycles. The highest BCUT2D eigenvalue weighted by atomic mass is 35.5. The van der Waals surface area contributed by atoms with Gasteiger partial charge in [0.05, 0.1) is 26.5 Å². The van der Waals surface area contributed by atoms with E-state index in [-0.39, 0.29) is 21.7 Å². The molecule has 1 amide bonds. The van der Waals surface area contributed by atoms with Gasteiger partial charge < -0.3 is 5.11 Å². The smallest absolute Gasteiger partial charge is 0.302 e. The van der Waals surface area contributed by atoms with Gasteiger partial charge >= 0.3 is 5.91 Å². The molecule has 0 spiro atoms. The Morgan fingerprint density at radius 1 is 0.921 bits per heavy atom. The number of fused-ring (bicyclic) bond motifs is 1. The summed E-state index contributed by atoms with van der Waals surface area (Å²) in [7, 11) is -4.11. The van der Waals surface area contributed by atoms with Crippen LogP contribution in [-0.4, -0.2) is 29.3 Å². The van der Waals surface area contributed by atoms with E-state index >= 15 is 0 Å². The predicted octanol–water partition coefficient (Wildman–Crippen LogP) is 5.74. The van der Waals surface area contributed by atoms with Crippen LogP contribution in [0, 0.1) is 20.2 Å². The predicted molar refractivity (Wildman–Crippen MR) is 136 cm³/mol. The number of halogens is 1. The van der Waals surface area contributed by atoms with Crippen LogP contribution in [0.2, 0.25) is 5.02 Å². The molecule has 0 fully saturated rings. The second-order valence-corrected chi connectivity index (χ2v) is 9.74. The van der Waals surface area contributed by atoms with Crippen LogP contribution < -0.4 is 4.72 Å². The summed E-state index contributed by atoms with van der Waals surface area (Å²) >= 11 is 5.83. The third-order valence-electron chi connectivity index (χ3n) is 5.23. The van der Waals surface area contributed by atoms with Gasteiger partial charge in [-0.25, -0.2) is 8.42 Å². The van der Waals surface area contributed by atoms with Gasteiger partial charge in [0.2, 0.25) is 0 Å². The van der Waals surface area contributed by atoms with Crippen molar-refractivity contribution >= 4 is 61.1 Å². The Morgan fingerprint density at radius 2 is 1.58 bits per heavy atom.